The van der Waals surface area contributed by atoms with E-state index < -0.39 is 12.2 Å². The molecule has 0 saturated carbocycles. The van der Waals surface area contributed by atoms with Crippen molar-refractivity contribution in [2.24, 2.45) is 0 Å². The molecule has 0 fully saturated rings. The van der Waals surface area contributed by atoms with E-state index in [-0.39, 0.29) is 12.7 Å². The SMILES string of the molecule is C=CCC1C=CC(O)C(CO)O1. The van der Waals surface area contributed by atoms with Crippen LogP contribution >= 0.6 is 0 Å². The van der Waals surface area contributed by atoms with Gasteiger partial charge in [-0.05, 0) is 6.42 Å². The molecule has 1 heterocycles. The zero-order valence-corrected chi connectivity index (χ0v) is 6.89. The summed E-state index contributed by atoms with van der Waals surface area (Å²) in [6.07, 6.45) is 4.68. The van der Waals surface area contributed by atoms with Gasteiger partial charge in [0.05, 0.1) is 12.7 Å². The fraction of sp³-hybridized carbons (Fsp3) is 0.556. The van der Waals surface area contributed by atoms with Crippen molar-refractivity contribution in [2.45, 2.75) is 24.7 Å². The van der Waals surface area contributed by atoms with Crippen LogP contribution in [0, 0.1) is 0 Å². The molecule has 3 heteroatoms. The van der Waals surface area contributed by atoms with Crippen LogP contribution in [-0.2, 0) is 4.74 Å². The van der Waals surface area contributed by atoms with E-state index in [9.17, 15) is 5.11 Å². The molecule has 1 aliphatic rings. The molecule has 3 nitrogen and oxygen atoms in total. The van der Waals surface area contributed by atoms with E-state index in [2.05, 4.69) is 6.58 Å². The average molecular weight is 170 g/mol. The van der Waals surface area contributed by atoms with Gasteiger partial charge >= 0.3 is 0 Å². The van der Waals surface area contributed by atoms with Crippen LogP contribution in [0.4, 0.5) is 0 Å². The summed E-state index contributed by atoms with van der Waals surface area (Å²) in [5.41, 5.74) is 0. The monoisotopic (exact) mass is 170 g/mol. The van der Waals surface area contributed by atoms with Crippen LogP contribution in [0.3, 0.4) is 0 Å². The Labute approximate surface area is 72.0 Å². The smallest absolute Gasteiger partial charge is 0.111 e. The van der Waals surface area contributed by atoms with Crippen LogP contribution in [0.5, 0.6) is 0 Å². The van der Waals surface area contributed by atoms with E-state index in [0.29, 0.717) is 6.42 Å². The van der Waals surface area contributed by atoms with Crippen molar-refractivity contribution in [2.75, 3.05) is 6.61 Å². The Morgan fingerprint density at radius 1 is 1.50 bits per heavy atom. The standard InChI is InChI=1S/C9H14O3/c1-2-3-7-4-5-8(11)9(6-10)12-7/h2,4-5,7-11H,1,3,6H2. The fourth-order valence-corrected chi connectivity index (χ4v) is 1.16. The molecule has 0 aromatic carbocycles. The molecule has 0 radical (unpaired) electrons. The Balaban J connectivity index is 2.51. The van der Waals surface area contributed by atoms with E-state index in [1.54, 1.807) is 18.2 Å². The summed E-state index contributed by atoms with van der Waals surface area (Å²) < 4.78 is 5.33. The van der Waals surface area contributed by atoms with Crippen LogP contribution in [0.15, 0.2) is 24.8 Å². The first-order valence-corrected chi connectivity index (χ1v) is 4.01. The molecule has 1 rings (SSSR count). The van der Waals surface area contributed by atoms with Gasteiger partial charge < -0.3 is 14.9 Å². The molecule has 0 spiro atoms. The summed E-state index contributed by atoms with van der Waals surface area (Å²) in [6, 6.07) is 0. The van der Waals surface area contributed by atoms with Crippen molar-refractivity contribution in [3.05, 3.63) is 24.8 Å². The van der Waals surface area contributed by atoms with Crippen LogP contribution in [0.1, 0.15) is 6.42 Å². The van der Waals surface area contributed by atoms with Gasteiger partial charge in [-0.2, -0.15) is 0 Å². The number of aliphatic hydroxyl groups excluding tert-OH is 2. The Hall–Kier alpha value is -0.640. The van der Waals surface area contributed by atoms with Gasteiger partial charge in [-0.25, -0.2) is 0 Å². The molecular weight excluding hydrogens is 156 g/mol. The van der Waals surface area contributed by atoms with Crippen molar-refractivity contribution in [3.63, 3.8) is 0 Å². The van der Waals surface area contributed by atoms with Crippen molar-refractivity contribution in [1.29, 1.82) is 0 Å². The number of hydrogen-bond donors (Lipinski definition) is 2. The van der Waals surface area contributed by atoms with E-state index in [1.165, 1.54) is 0 Å². The minimum absolute atomic E-state index is 0.0527. The molecule has 0 amide bonds. The molecule has 3 atom stereocenters. The molecule has 0 saturated heterocycles. The second-order valence-electron chi connectivity index (χ2n) is 2.80. The van der Waals surface area contributed by atoms with Crippen LogP contribution < -0.4 is 0 Å². The first-order valence-electron chi connectivity index (χ1n) is 4.01. The van der Waals surface area contributed by atoms with Crippen LogP contribution in [0.25, 0.3) is 0 Å². The molecule has 0 bridgehead atoms. The van der Waals surface area contributed by atoms with Gasteiger partial charge in [-0.1, -0.05) is 18.2 Å². The summed E-state index contributed by atoms with van der Waals surface area (Å²) in [6.45, 7) is 3.43. The molecule has 3 unspecified atom stereocenters. The quantitative estimate of drug-likeness (QED) is 0.596. The molecule has 2 N–H and O–H groups in total. The number of rotatable bonds is 3. The zero-order valence-electron chi connectivity index (χ0n) is 6.89. The zero-order chi connectivity index (χ0) is 8.97. The molecule has 0 aliphatic carbocycles. The van der Waals surface area contributed by atoms with Gasteiger partial charge in [-0.3, -0.25) is 0 Å². The highest BCUT2D eigenvalue weighted by Gasteiger charge is 2.23. The predicted molar refractivity (Wildman–Crippen MR) is 45.7 cm³/mol. The van der Waals surface area contributed by atoms with Crippen LogP contribution in [-0.4, -0.2) is 35.1 Å². The molecule has 12 heavy (non-hydrogen) atoms. The minimum Gasteiger partial charge on any atom is -0.394 e. The van der Waals surface area contributed by atoms with Gasteiger partial charge in [0, 0.05) is 0 Å². The maximum Gasteiger partial charge on any atom is 0.111 e. The van der Waals surface area contributed by atoms with Gasteiger partial charge in [-0.15, -0.1) is 6.58 Å². The Morgan fingerprint density at radius 2 is 2.25 bits per heavy atom. The molecule has 0 aromatic heterocycles. The third kappa shape index (κ3) is 2.17. The molecule has 1 aliphatic heterocycles. The lowest BCUT2D eigenvalue weighted by molar-refractivity contribution is -0.0779. The molecule has 0 aromatic rings. The Morgan fingerprint density at radius 3 is 2.83 bits per heavy atom. The van der Waals surface area contributed by atoms with Gasteiger partial charge in [0.2, 0.25) is 0 Å². The maximum absolute atomic E-state index is 9.26. The Kier molecular flexibility index (Phi) is 3.47. The fourth-order valence-electron chi connectivity index (χ4n) is 1.16. The van der Waals surface area contributed by atoms with Gasteiger partial charge in [0.15, 0.2) is 0 Å². The van der Waals surface area contributed by atoms with Crippen molar-refractivity contribution >= 4 is 0 Å². The second-order valence-corrected chi connectivity index (χ2v) is 2.80. The average Bonchev–Trinajstić information content (AvgIpc) is 2.09. The van der Waals surface area contributed by atoms with Crippen molar-refractivity contribution in [1.82, 2.24) is 0 Å². The lowest BCUT2D eigenvalue weighted by Gasteiger charge is -2.27. The number of ether oxygens (including phenoxy) is 1. The third-order valence-corrected chi connectivity index (χ3v) is 1.83. The topological polar surface area (TPSA) is 49.7 Å². The molecule has 68 valence electrons. The second kappa shape index (κ2) is 4.40. The lowest BCUT2D eigenvalue weighted by atomic mass is 10.1. The summed E-state index contributed by atoms with van der Waals surface area (Å²) >= 11 is 0. The van der Waals surface area contributed by atoms with E-state index in [1.807, 2.05) is 0 Å². The highest BCUT2D eigenvalue weighted by molar-refractivity contribution is 5.03. The highest BCUT2D eigenvalue weighted by Crippen LogP contribution is 2.15. The van der Waals surface area contributed by atoms with E-state index >= 15 is 0 Å². The summed E-state index contributed by atoms with van der Waals surface area (Å²) in [5.74, 6) is 0. The summed E-state index contributed by atoms with van der Waals surface area (Å²) in [5, 5.41) is 18.1. The third-order valence-electron chi connectivity index (χ3n) is 1.83. The van der Waals surface area contributed by atoms with E-state index in [4.69, 9.17) is 9.84 Å². The van der Waals surface area contributed by atoms with Gasteiger partial charge in [0.1, 0.15) is 12.2 Å². The summed E-state index contributed by atoms with van der Waals surface area (Å²) in [4.78, 5) is 0. The van der Waals surface area contributed by atoms with Crippen molar-refractivity contribution < 1.29 is 14.9 Å². The summed E-state index contributed by atoms with van der Waals surface area (Å²) in [7, 11) is 0. The first-order chi connectivity index (χ1) is 5.77. The number of hydrogen-bond acceptors (Lipinski definition) is 3. The molecular formula is C9H14O3. The lowest BCUT2D eigenvalue weighted by Crippen LogP contribution is -2.37. The largest absolute Gasteiger partial charge is 0.394 e. The maximum atomic E-state index is 9.26. The van der Waals surface area contributed by atoms with Gasteiger partial charge in [0.25, 0.3) is 0 Å². The van der Waals surface area contributed by atoms with E-state index in [0.717, 1.165) is 0 Å². The van der Waals surface area contributed by atoms with Crippen LogP contribution in [0.2, 0.25) is 0 Å². The number of aliphatic hydroxyl groups is 2. The minimum atomic E-state index is -0.684. The Bertz CT molecular complexity index is 177. The normalized spacial score (nSPS) is 35.0. The first kappa shape index (κ1) is 9.45. The highest BCUT2D eigenvalue weighted by atomic mass is 16.5. The van der Waals surface area contributed by atoms with Crippen molar-refractivity contribution in [3.8, 4) is 0 Å². The predicted octanol–water partition coefficient (Wildman–Crippen LogP) is 0.239.